The fourth-order valence-corrected chi connectivity index (χ4v) is 1.51. The summed E-state index contributed by atoms with van der Waals surface area (Å²) in [7, 11) is 0. The van der Waals surface area contributed by atoms with Gasteiger partial charge in [-0.15, -0.1) is 0 Å². The van der Waals surface area contributed by atoms with Crippen molar-refractivity contribution < 1.29 is 23.1 Å². The SMILES string of the molecule is CC(N)(C(=O)Nc1cc(Cl)c(O)c(Cl)c1)C(F)(F)F. The van der Waals surface area contributed by atoms with Crippen LogP contribution < -0.4 is 11.1 Å². The van der Waals surface area contributed by atoms with Crippen LogP contribution in [0.1, 0.15) is 6.92 Å². The average Bonchev–Trinajstić information content (AvgIpc) is 2.24. The van der Waals surface area contributed by atoms with Gasteiger partial charge in [0.1, 0.15) is 0 Å². The molecule has 0 aromatic heterocycles. The minimum absolute atomic E-state index is 0.112. The molecule has 106 valence electrons. The second-order valence-corrected chi connectivity index (χ2v) is 4.76. The number of halogens is 5. The maximum absolute atomic E-state index is 12.5. The third kappa shape index (κ3) is 3.23. The molecule has 1 aromatic rings. The van der Waals surface area contributed by atoms with Gasteiger partial charge in [0.15, 0.2) is 11.3 Å². The van der Waals surface area contributed by atoms with E-state index in [2.05, 4.69) is 0 Å². The smallest absolute Gasteiger partial charge is 0.415 e. The van der Waals surface area contributed by atoms with Gasteiger partial charge in [-0.2, -0.15) is 13.2 Å². The molecule has 0 aliphatic heterocycles. The number of phenolic OH excluding ortho intramolecular Hbond substituents is 1. The number of aromatic hydroxyl groups is 1. The minimum atomic E-state index is -4.92. The predicted molar refractivity (Wildman–Crippen MR) is 65.4 cm³/mol. The van der Waals surface area contributed by atoms with Crippen molar-refractivity contribution in [2.75, 3.05) is 5.32 Å². The van der Waals surface area contributed by atoms with E-state index < -0.39 is 23.4 Å². The van der Waals surface area contributed by atoms with Crippen molar-refractivity contribution in [1.29, 1.82) is 0 Å². The topological polar surface area (TPSA) is 75.4 Å². The van der Waals surface area contributed by atoms with Crippen LogP contribution in [0.3, 0.4) is 0 Å². The summed E-state index contributed by atoms with van der Waals surface area (Å²) in [6.07, 6.45) is -4.92. The molecule has 1 atom stereocenters. The summed E-state index contributed by atoms with van der Waals surface area (Å²) in [5.41, 5.74) is 1.76. The molecule has 0 spiro atoms. The van der Waals surface area contributed by atoms with Crippen molar-refractivity contribution in [3.8, 4) is 5.75 Å². The lowest BCUT2D eigenvalue weighted by atomic mass is 10.0. The van der Waals surface area contributed by atoms with E-state index in [0.29, 0.717) is 6.92 Å². The quantitative estimate of drug-likeness (QED) is 0.734. The zero-order valence-electron chi connectivity index (χ0n) is 9.48. The van der Waals surface area contributed by atoms with E-state index in [1.165, 1.54) is 0 Å². The fraction of sp³-hybridized carbons (Fsp3) is 0.300. The number of nitrogens with two attached hydrogens (primary N) is 1. The van der Waals surface area contributed by atoms with E-state index in [4.69, 9.17) is 28.9 Å². The number of nitrogens with one attached hydrogen (secondary N) is 1. The van der Waals surface area contributed by atoms with Crippen LogP contribution in [0.2, 0.25) is 10.0 Å². The number of hydrogen-bond donors (Lipinski definition) is 3. The van der Waals surface area contributed by atoms with Crippen molar-refractivity contribution in [3.05, 3.63) is 22.2 Å². The highest BCUT2D eigenvalue weighted by Crippen LogP contribution is 2.35. The van der Waals surface area contributed by atoms with Crippen LogP contribution in [-0.4, -0.2) is 22.7 Å². The Hall–Kier alpha value is -1.18. The highest BCUT2D eigenvalue weighted by molar-refractivity contribution is 6.37. The molecule has 0 bridgehead atoms. The number of hydrogen-bond acceptors (Lipinski definition) is 3. The van der Waals surface area contributed by atoms with E-state index >= 15 is 0 Å². The molecule has 1 unspecified atom stereocenters. The number of amides is 1. The number of carbonyl (C=O) groups is 1. The van der Waals surface area contributed by atoms with Gasteiger partial charge in [-0.3, -0.25) is 4.79 Å². The van der Waals surface area contributed by atoms with Crippen LogP contribution in [0.5, 0.6) is 5.75 Å². The molecule has 0 saturated carbocycles. The molecule has 4 N–H and O–H groups in total. The second-order valence-electron chi connectivity index (χ2n) is 3.94. The maximum Gasteiger partial charge on any atom is 0.415 e. The van der Waals surface area contributed by atoms with E-state index in [-0.39, 0.29) is 15.7 Å². The first-order valence-electron chi connectivity index (χ1n) is 4.82. The first-order valence-corrected chi connectivity index (χ1v) is 5.57. The number of carbonyl (C=O) groups excluding carboxylic acids is 1. The fourth-order valence-electron chi connectivity index (χ4n) is 1.03. The van der Waals surface area contributed by atoms with Crippen molar-refractivity contribution in [2.45, 2.75) is 18.6 Å². The Kier molecular flexibility index (Phi) is 4.23. The first kappa shape index (κ1) is 15.9. The summed E-state index contributed by atoms with van der Waals surface area (Å²) in [5.74, 6) is -1.91. The lowest BCUT2D eigenvalue weighted by Gasteiger charge is -2.26. The van der Waals surface area contributed by atoms with Crippen LogP contribution in [0.4, 0.5) is 18.9 Å². The van der Waals surface area contributed by atoms with Crippen LogP contribution >= 0.6 is 23.2 Å². The Morgan fingerprint density at radius 1 is 1.32 bits per heavy atom. The first-order chi connectivity index (χ1) is 8.46. The molecule has 1 aromatic carbocycles. The standard InChI is InChI=1S/C10H9Cl2F3N2O2/c1-9(16,10(13,14)15)8(19)17-4-2-5(11)7(18)6(12)3-4/h2-3,18H,16H2,1H3,(H,17,19). The van der Waals surface area contributed by atoms with Crippen LogP contribution in [0.25, 0.3) is 0 Å². The molecule has 9 heteroatoms. The van der Waals surface area contributed by atoms with Gasteiger partial charge < -0.3 is 16.2 Å². The summed E-state index contributed by atoms with van der Waals surface area (Å²) in [6.45, 7) is 0.534. The van der Waals surface area contributed by atoms with E-state index in [1.807, 2.05) is 5.32 Å². The summed E-state index contributed by atoms with van der Waals surface area (Å²) < 4.78 is 37.6. The van der Waals surface area contributed by atoms with Crippen molar-refractivity contribution in [1.82, 2.24) is 0 Å². The average molecular weight is 317 g/mol. The highest BCUT2D eigenvalue weighted by atomic mass is 35.5. The van der Waals surface area contributed by atoms with Crippen molar-refractivity contribution in [3.63, 3.8) is 0 Å². The van der Waals surface area contributed by atoms with Gasteiger partial charge in [-0.05, 0) is 19.1 Å². The number of benzene rings is 1. The maximum atomic E-state index is 12.5. The molecule has 0 aliphatic rings. The summed E-state index contributed by atoms with van der Waals surface area (Å²) in [4.78, 5) is 11.5. The van der Waals surface area contributed by atoms with Gasteiger partial charge in [-0.25, -0.2) is 0 Å². The molecule has 0 radical (unpaired) electrons. The lowest BCUT2D eigenvalue weighted by molar-refractivity contribution is -0.184. The molecule has 1 rings (SSSR count). The molecule has 0 saturated heterocycles. The minimum Gasteiger partial charge on any atom is -0.505 e. The van der Waals surface area contributed by atoms with Gasteiger partial charge in [0, 0.05) is 5.69 Å². The number of phenols is 1. The second kappa shape index (κ2) is 5.07. The van der Waals surface area contributed by atoms with E-state index in [1.54, 1.807) is 0 Å². The molecule has 0 heterocycles. The van der Waals surface area contributed by atoms with Crippen LogP contribution in [-0.2, 0) is 4.79 Å². The molecule has 1 amide bonds. The largest absolute Gasteiger partial charge is 0.505 e. The number of alkyl halides is 3. The highest BCUT2D eigenvalue weighted by Gasteiger charge is 2.54. The number of anilines is 1. The lowest BCUT2D eigenvalue weighted by Crippen LogP contribution is -2.59. The zero-order valence-corrected chi connectivity index (χ0v) is 11.0. The molecular weight excluding hydrogens is 308 g/mol. The normalized spacial score (nSPS) is 14.9. The Morgan fingerprint density at radius 2 is 1.74 bits per heavy atom. The molecule has 19 heavy (non-hydrogen) atoms. The third-order valence-corrected chi connectivity index (χ3v) is 2.91. The summed E-state index contributed by atoms with van der Waals surface area (Å²) in [6, 6.07) is 2.10. The van der Waals surface area contributed by atoms with Gasteiger partial charge in [0.25, 0.3) is 5.91 Å². The molecule has 0 fully saturated rings. The Morgan fingerprint density at radius 3 is 2.11 bits per heavy atom. The van der Waals surface area contributed by atoms with Crippen molar-refractivity contribution >= 4 is 34.8 Å². The summed E-state index contributed by atoms with van der Waals surface area (Å²) in [5, 5.41) is 10.8. The Labute approximate surface area is 116 Å². The van der Waals surface area contributed by atoms with E-state index in [9.17, 15) is 23.1 Å². The Bertz CT molecular complexity index is 495. The van der Waals surface area contributed by atoms with Crippen LogP contribution in [0.15, 0.2) is 12.1 Å². The monoisotopic (exact) mass is 316 g/mol. The molecular formula is C10H9Cl2F3N2O2. The summed E-state index contributed by atoms with van der Waals surface area (Å²) >= 11 is 11.1. The Balaban J connectivity index is 3.02. The third-order valence-electron chi connectivity index (χ3n) is 2.34. The van der Waals surface area contributed by atoms with Gasteiger partial charge in [-0.1, -0.05) is 23.2 Å². The number of rotatable bonds is 2. The predicted octanol–water partition coefficient (Wildman–Crippen LogP) is 2.92. The van der Waals surface area contributed by atoms with Crippen LogP contribution in [0, 0.1) is 0 Å². The van der Waals surface area contributed by atoms with Crippen molar-refractivity contribution in [2.24, 2.45) is 5.73 Å². The van der Waals surface area contributed by atoms with E-state index in [0.717, 1.165) is 12.1 Å². The zero-order chi connectivity index (χ0) is 15.0. The van der Waals surface area contributed by atoms with Gasteiger partial charge in [0.2, 0.25) is 0 Å². The molecule has 4 nitrogen and oxygen atoms in total. The van der Waals surface area contributed by atoms with Gasteiger partial charge in [0.05, 0.1) is 10.0 Å². The molecule has 0 aliphatic carbocycles. The van der Waals surface area contributed by atoms with Gasteiger partial charge >= 0.3 is 6.18 Å².